The molecule has 0 aromatic heterocycles. The second-order valence-electron chi connectivity index (χ2n) is 5.04. The Morgan fingerprint density at radius 2 is 1.27 bits per heavy atom. The highest BCUT2D eigenvalue weighted by molar-refractivity contribution is 5.77. The molecule has 0 amide bonds. The van der Waals surface area contributed by atoms with E-state index in [-0.39, 0.29) is 0 Å². The van der Waals surface area contributed by atoms with Gasteiger partial charge in [0.1, 0.15) is 6.42 Å². The van der Waals surface area contributed by atoms with Crippen molar-refractivity contribution in [3.8, 4) is 0 Å². The Balaban J connectivity index is 3.29. The van der Waals surface area contributed by atoms with Gasteiger partial charge >= 0.3 is 17.0 Å². The van der Waals surface area contributed by atoms with Crippen molar-refractivity contribution in [1.82, 2.24) is 0 Å². The summed E-state index contributed by atoms with van der Waals surface area (Å²) in [5.41, 5.74) is -6.32. The molecule has 140 valence electrons. The van der Waals surface area contributed by atoms with Crippen molar-refractivity contribution in [2.75, 3.05) is 11.9 Å². The fourth-order valence-electron chi connectivity index (χ4n) is 1.85. The molecule has 26 heavy (non-hydrogen) atoms. The molecule has 1 aromatic rings. The number of hydrogen-bond acceptors (Lipinski definition) is 11. The standard InChI is InChI=1S/C10H10N6O10/c1-10(15(23)24,16(25)26)2-3-11-9-7(13(19)20)4-6(12(17)18)5-8(9)14(21)22/h4-5,11H,2-3H2,1H3. The predicted molar refractivity (Wildman–Crippen MR) is 81.9 cm³/mol. The lowest BCUT2D eigenvalue weighted by molar-refractivity contribution is -0.792. The fraction of sp³-hybridized carbons (Fsp3) is 0.400. The van der Waals surface area contributed by atoms with Crippen molar-refractivity contribution in [2.45, 2.75) is 19.0 Å². The normalized spacial score (nSPS) is 10.8. The van der Waals surface area contributed by atoms with Crippen LogP contribution >= 0.6 is 0 Å². The van der Waals surface area contributed by atoms with Crippen molar-refractivity contribution in [2.24, 2.45) is 0 Å². The number of anilines is 1. The van der Waals surface area contributed by atoms with E-state index in [4.69, 9.17) is 0 Å². The van der Waals surface area contributed by atoms with E-state index in [9.17, 15) is 50.6 Å². The third-order valence-corrected chi connectivity index (χ3v) is 3.37. The van der Waals surface area contributed by atoms with Crippen LogP contribution in [0.2, 0.25) is 0 Å². The van der Waals surface area contributed by atoms with Gasteiger partial charge in [-0.3, -0.25) is 50.6 Å². The number of nitrogens with one attached hydrogen (secondary N) is 1. The summed E-state index contributed by atoms with van der Waals surface area (Å²) >= 11 is 0. The van der Waals surface area contributed by atoms with Gasteiger partial charge in [-0.05, 0) is 0 Å². The van der Waals surface area contributed by atoms with E-state index in [1.165, 1.54) is 0 Å². The number of benzene rings is 1. The Labute approximate surface area is 142 Å². The molecule has 0 aliphatic carbocycles. The van der Waals surface area contributed by atoms with Gasteiger partial charge in [0.25, 0.3) is 5.69 Å². The second kappa shape index (κ2) is 7.28. The quantitative estimate of drug-likeness (QED) is 0.369. The van der Waals surface area contributed by atoms with Gasteiger partial charge in [0, 0.05) is 6.54 Å². The van der Waals surface area contributed by atoms with E-state index in [1.807, 2.05) is 0 Å². The minimum Gasteiger partial charge on any atom is -0.373 e. The Bertz CT molecular complexity index is 758. The molecule has 1 N–H and O–H groups in total. The largest absolute Gasteiger partial charge is 0.457 e. The average Bonchev–Trinajstić information content (AvgIpc) is 2.53. The monoisotopic (exact) mass is 374 g/mol. The van der Waals surface area contributed by atoms with Crippen molar-refractivity contribution in [3.05, 3.63) is 62.7 Å². The maximum atomic E-state index is 11.1. The van der Waals surface area contributed by atoms with Gasteiger partial charge in [0.05, 0.1) is 43.7 Å². The van der Waals surface area contributed by atoms with Crippen molar-refractivity contribution in [3.63, 3.8) is 0 Å². The molecule has 1 aromatic carbocycles. The Kier molecular flexibility index (Phi) is 5.62. The highest BCUT2D eigenvalue weighted by Gasteiger charge is 2.50. The highest BCUT2D eigenvalue weighted by atomic mass is 16.7. The molecule has 0 aliphatic rings. The van der Waals surface area contributed by atoms with Crippen LogP contribution in [0.15, 0.2) is 12.1 Å². The summed E-state index contributed by atoms with van der Waals surface area (Å²) in [4.78, 5) is 48.8. The number of rotatable bonds is 9. The number of nitro groups is 5. The van der Waals surface area contributed by atoms with Gasteiger partial charge in [-0.15, -0.1) is 0 Å². The molecule has 16 heteroatoms. The van der Waals surface area contributed by atoms with Gasteiger partial charge in [-0.1, -0.05) is 0 Å². The zero-order chi connectivity index (χ0) is 20.2. The van der Waals surface area contributed by atoms with E-state index < -0.39 is 66.0 Å². The zero-order valence-electron chi connectivity index (χ0n) is 12.9. The van der Waals surface area contributed by atoms with E-state index in [1.54, 1.807) is 0 Å². The van der Waals surface area contributed by atoms with Gasteiger partial charge in [0.15, 0.2) is 5.69 Å². The predicted octanol–water partition coefficient (Wildman–Crippen LogP) is 1.48. The topological polar surface area (TPSA) is 228 Å². The molecule has 0 fully saturated rings. The minimum atomic E-state index is -2.63. The lowest BCUT2D eigenvalue weighted by Crippen LogP contribution is -2.44. The van der Waals surface area contributed by atoms with Gasteiger partial charge in [-0.2, -0.15) is 0 Å². The molecule has 0 unspecified atom stereocenters. The summed E-state index contributed by atoms with van der Waals surface area (Å²) in [7, 11) is 0. The molecule has 0 radical (unpaired) electrons. The number of nitrogens with zero attached hydrogens (tertiary/aromatic N) is 5. The SMILES string of the molecule is CC(CCNc1c([N+](=O)[O-])cc([N+](=O)[O-])cc1[N+](=O)[O-])([N+](=O)[O-])[N+](=O)[O-]. The molecule has 0 spiro atoms. The van der Waals surface area contributed by atoms with E-state index in [2.05, 4.69) is 5.32 Å². The maximum Gasteiger partial charge on any atom is 0.457 e. The summed E-state index contributed by atoms with van der Waals surface area (Å²) in [5.74, 6) is 0. The van der Waals surface area contributed by atoms with E-state index in [0.717, 1.165) is 0 Å². The zero-order valence-corrected chi connectivity index (χ0v) is 12.9. The van der Waals surface area contributed by atoms with Crippen LogP contribution < -0.4 is 5.32 Å². The molecule has 0 heterocycles. The van der Waals surface area contributed by atoms with Crippen LogP contribution in [0.1, 0.15) is 13.3 Å². The molecule has 0 aliphatic heterocycles. The van der Waals surface area contributed by atoms with Gasteiger partial charge in [0.2, 0.25) is 0 Å². The maximum absolute atomic E-state index is 11.1. The summed E-state index contributed by atoms with van der Waals surface area (Å²) in [6, 6.07) is 0.936. The van der Waals surface area contributed by atoms with Crippen LogP contribution in [0.3, 0.4) is 0 Å². The van der Waals surface area contributed by atoms with Crippen LogP contribution in [0.5, 0.6) is 0 Å². The lowest BCUT2D eigenvalue weighted by Gasteiger charge is -2.13. The average molecular weight is 374 g/mol. The third-order valence-electron chi connectivity index (χ3n) is 3.37. The summed E-state index contributed by atoms with van der Waals surface area (Å²) in [5, 5.41) is 56.7. The van der Waals surface area contributed by atoms with Crippen LogP contribution in [0.4, 0.5) is 22.7 Å². The second-order valence-corrected chi connectivity index (χ2v) is 5.04. The Morgan fingerprint density at radius 3 is 1.58 bits per heavy atom. The molecule has 0 saturated carbocycles. The third kappa shape index (κ3) is 3.91. The molecule has 1 rings (SSSR count). The first-order chi connectivity index (χ1) is 11.9. The molecular formula is C10H10N6O10. The van der Waals surface area contributed by atoms with Crippen molar-refractivity contribution in [1.29, 1.82) is 0 Å². The van der Waals surface area contributed by atoms with Gasteiger partial charge in [-0.25, -0.2) is 0 Å². The first-order valence-electron chi connectivity index (χ1n) is 6.56. The van der Waals surface area contributed by atoms with Crippen LogP contribution in [0, 0.1) is 50.6 Å². The van der Waals surface area contributed by atoms with Gasteiger partial charge < -0.3 is 5.32 Å². The first kappa shape index (κ1) is 20.1. The van der Waals surface area contributed by atoms with Crippen molar-refractivity contribution < 1.29 is 24.6 Å². The molecule has 0 bridgehead atoms. The molecule has 0 atom stereocenters. The van der Waals surface area contributed by atoms with Crippen LogP contribution in [-0.2, 0) is 0 Å². The summed E-state index contributed by atoms with van der Waals surface area (Å²) < 4.78 is 0. The smallest absolute Gasteiger partial charge is 0.373 e. The van der Waals surface area contributed by atoms with E-state index in [0.29, 0.717) is 19.1 Å². The number of non-ortho nitro benzene ring substituents is 1. The Hall–Kier alpha value is -3.98. The highest BCUT2D eigenvalue weighted by Crippen LogP contribution is 2.38. The number of nitro benzene ring substituents is 3. The van der Waals surface area contributed by atoms with Crippen molar-refractivity contribution >= 4 is 22.7 Å². The fourth-order valence-corrected chi connectivity index (χ4v) is 1.85. The van der Waals surface area contributed by atoms with Crippen LogP contribution in [-0.4, -0.2) is 36.8 Å². The minimum absolute atomic E-state index is 0.468. The molecular weight excluding hydrogens is 364 g/mol. The van der Waals surface area contributed by atoms with Crippen LogP contribution in [0.25, 0.3) is 0 Å². The Morgan fingerprint density at radius 1 is 0.846 bits per heavy atom. The number of hydrogen-bond donors (Lipinski definition) is 1. The summed E-state index contributed by atoms with van der Waals surface area (Å²) in [6.07, 6.45) is -0.766. The first-order valence-corrected chi connectivity index (χ1v) is 6.56. The summed E-state index contributed by atoms with van der Waals surface area (Å²) in [6.45, 7) is 0.0886. The lowest BCUT2D eigenvalue weighted by atomic mass is 10.1. The van der Waals surface area contributed by atoms with E-state index >= 15 is 0 Å². The molecule has 0 saturated heterocycles. The molecule has 16 nitrogen and oxygen atoms in total.